The van der Waals surface area contributed by atoms with Crippen LogP contribution in [0.4, 0.5) is 0 Å². The fourth-order valence-corrected chi connectivity index (χ4v) is 3.11. The van der Waals surface area contributed by atoms with Crippen LogP contribution in [0.25, 0.3) is 11.0 Å². The number of rotatable bonds is 6. The monoisotopic (exact) mass is 395 g/mol. The van der Waals surface area contributed by atoms with Gasteiger partial charge in [-0.05, 0) is 31.8 Å². The van der Waals surface area contributed by atoms with Gasteiger partial charge in [0.2, 0.25) is 0 Å². The lowest BCUT2D eigenvalue weighted by Crippen LogP contribution is -2.38. The fraction of sp³-hybridized carbons (Fsp3) is 0.333. The van der Waals surface area contributed by atoms with Crippen molar-refractivity contribution >= 4 is 16.9 Å². The second kappa shape index (κ2) is 8.40. The van der Waals surface area contributed by atoms with Crippen LogP contribution in [0.5, 0.6) is 0 Å². The van der Waals surface area contributed by atoms with Crippen LogP contribution in [0.2, 0.25) is 0 Å². The lowest BCUT2D eigenvalue weighted by molar-refractivity contribution is 0.0726. The van der Waals surface area contributed by atoms with E-state index in [2.05, 4.69) is 4.98 Å². The Hall–Kier alpha value is -3.26. The molecule has 0 saturated carbocycles. The Morgan fingerprint density at radius 1 is 0.966 bits per heavy atom. The molecule has 2 aromatic heterocycles. The first-order valence-corrected chi connectivity index (χ1v) is 9.34. The maximum Gasteiger partial charge on any atom is 0.332 e. The SMILES string of the molecule is CN(C)CCN(Cc1ccccc1)C(=O)c1ccc2c(=O)n(C)c(=O)n(C)c2n1. The number of carbonyl (C=O) groups excluding carboxylic acids is 1. The summed E-state index contributed by atoms with van der Waals surface area (Å²) < 4.78 is 2.32. The molecule has 0 atom stereocenters. The summed E-state index contributed by atoms with van der Waals surface area (Å²) in [5.74, 6) is -0.245. The van der Waals surface area contributed by atoms with E-state index in [1.807, 2.05) is 49.3 Å². The van der Waals surface area contributed by atoms with E-state index in [-0.39, 0.29) is 17.2 Å². The van der Waals surface area contributed by atoms with Crippen LogP contribution in [0, 0.1) is 0 Å². The van der Waals surface area contributed by atoms with Crippen molar-refractivity contribution < 1.29 is 4.79 Å². The van der Waals surface area contributed by atoms with Crippen molar-refractivity contribution in [2.75, 3.05) is 27.2 Å². The van der Waals surface area contributed by atoms with Gasteiger partial charge in [0, 0.05) is 33.7 Å². The predicted molar refractivity (Wildman–Crippen MR) is 112 cm³/mol. The standard InChI is InChI=1S/C21H25N5O3/c1-23(2)12-13-26(14-15-8-6-5-7-9-15)20(28)17-11-10-16-18(22-17)24(3)21(29)25(4)19(16)27/h5-11H,12-14H2,1-4H3. The predicted octanol–water partition coefficient (Wildman–Crippen LogP) is 0.836. The van der Waals surface area contributed by atoms with E-state index in [4.69, 9.17) is 0 Å². The largest absolute Gasteiger partial charge is 0.332 e. The topological polar surface area (TPSA) is 80.4 Å². The summed E-state index contributed by atoms with van der Waals surface area (Å²) in [7, 11) is 6.86. The van der Waals surface area contributed by atoms with Gasteiger partial charge < -0.3 is 9.80 Å². The number of nitrogens with zero attached hydrogens (tertiary/aromatic N) is 5. The molecule has 0 aliphatic rings. The highest BCUT2D eigenvalue weighted by molar-refractivity contribution is 5.94. The van der Waals surface area contributed by atoms with Gasteiger partial charge in [0.25, 0.3) is 11.5 Å². The molecule has 0 saturated heterocycles. The molecule has 0 radical (unpaired) electrons. The highest BCUT2D eigenvalue weighted by Gasteiger charge is 2.20. The third-order valence-electron chi connectivity index (χ3n) is 4.84. The maximum atomic E-state index is 13.2. The number of carbonyl (C=O) groups is 1. The third-order valence-corrected chi connectivity index (χ3v) is 4.84. The van der Waals surface area contributed by atoms with Gasteiger partial charge in [-0.3, -0.25) is 18.7 Å². The zero-order valence-corrected chi connectivity index (χ0v) is 17.1. The van der Waals surface area contributed by atoms with E-state index >= 15 is 0 Å². The summed E-state index contributed by atoms with van der Waals surface area (Å²) in [6.07, 6.45) is 0. The number of hydrogen-bond acceptors (Lipinski definition) is 5. The minimum absolute atomic E-state index is 0.204. The van der Waals surface area contributed by atoms with Gasteiger partial charge in [0.05, 0.1) is 5.39 Å². The zero-order chi connectivity index (χ0) is 21.1. The summed E-state index contributed by atoms with van der Waals surface area (Å²) >= 11 is 0. The van der Waals surface area contributed by atoms with E-state index in [1.165, 1.54) is 11.6 Å². The molecule has 0 aliphatic carbocycles. The number of aryl methyl sites for hydroxylation is 1. The van der Waals surface area contributed by atoms with Gasteiger partial charge in [-0.2, -0.15) is 0 Å². The average molecular weight is 395 g/mol. The molecule has 0 N–H and O–H groups in total. The molecule has 0 unspecified atom stereocenters. The Morgan fingerprint density at radius 2 is 1.66 bits per heavy atom. The summed E-state index contributed by atoms with van der Waals surface area (Å²) in [5.41, 5.74) is 0.519. The molecule has 0 fully saturated rings. The van der Waals surface area contributed by atoms with Crippen molar-refractivity contribution in [3.8, 4) is 0 Å². The summed E-state index contributed by atoms with van der Waals surface area (Å²) in [6.45, 7) is 1.67. The summed E-state index contributed by atoms with van der Waals surface area (Å²) in [4.78, 5) is 45.9. The van der Waals surface area contributed by atoms with Crippen LogP contribution in [-0.4, -0.2) is 57.0 Å². The first-order chi connectivity index (χ1) is 13.8. The molecule has 2 heterocycles. The molecule has 1 amide bonds. The Bertz CT molecular complexity index is 1150. The molecule has 152 valence electrons. The molecule has 0 spiro atoms. The molecular formula is C21H25N5O3. The number of likely N-dealkylation sites (N-methyl/N-ethyl adjacent to an activating group) is 1. The van der Waals surface area contributed by atoms with Gasteiger partial charge in [0.15, 0.2) is 0 Å². The molecular weight excluding hydrogens is 370 g/mol. The first kappa shape index (κ1) is 20.5. The van der Waals surface area contributed by atoms with Crippen molar-refractivity contribution in [2.24, 2.45) is 14.1 Å². The third kappa shape index (κ3) is 4.27. The van der Waals surface area contributed by atoms with E-state index in [0.29, 0.717) is 25.0 Å². The number of pyridine rings is 1. The molecule has 8 nitrogen and oxygen atoms in total. The lowest BCUT2D eigenvalue weighted by atomic mass is 10.2. The summed E-state index contributed by atoms with van der Waals surface area (Å²) in [5, 5.41) is 0.300. The van der Waals surface area contributed by atoms with Crippen LogP contribution in [0.3, 0.4) is 0 Å². The van der Waals surface area contributed by atoms with Crippen LogP contribution in [0.15, 0.2) is 52.1 Å². The Labute approximate surface area is 168 Å². The normalized spacial score (nSPS) is 11.2. The first-order valence-electron chi connectivity index (χ1n) is 9.34. The van der Waals surface area contributed by atoms with Crippen molar-refractivity contribution in [3.63, 3.8) is 0 Å². The molecule has 0 aliphatic heterocycles. The number of aromatic nitrogens is 3. The Morgan fingerprint density at radius 3 is 2.31 bits per heavy atom. The van der Waals surface area contributed by atoms with Crippen LogP contribution in [0.1, 0.15) is 16.1 Å². The number of fused-ring (bicyclic) bond motifs is 1. The molecule has 0 bridgehead atoms. The fourth-order valence-electron chi connectivity index (χ4n) is 3.11. The van der Waals surface area contributed by atoms with Gasteiger partial charge in [-0.1, -0.05) is 30.3 Å². The molecule has 3 aromatic rings. The number of benzene rings is 1. The lowest BCUT2D eigenvalue weighted by Gasteiger charge is -2.24. The van der Waals surface area contributed by atoms with Gasteiger partial charge in [0.1, 0.15) is 11.3 Å². The van der Waals surface area contributed by atoms with Gasteiger partial charge in [-0.25, -0.2) is 9.78 Å². The minimum Gasteiger partial charge on any atom is -0.332 e. The number of amides is 1. The van der Waals surface area contributed by atoms with Crippen molar-refractivity contribution in [2.45, 2.75) is 6.54 Å². The maximum absolute atomic E-state index is 13.2. The highest BCUT2D eigenvalue weighted by atomic mass is 16.2. The average Bonchev–Trinajstić information content (AvgIpc) is 2.73. The van der Waals surface area contributed by atoms with E-state index in [1.54, 1.807) is 24.1 Å². The summed E-state index contributed by atoms with van der Waals surface area (Å²) in [6, 6.07) is 12.8. The second-order valence-corrected chi connectivity index (χ2v) is 7.29. The Kier molecular flexibility index (Phi) is 5.93. The van der Waals surface area contributed by atoms with E-state index < -0.39 is 11.2 Å². The van der Waals surface area contributed by atoms with Crippen molar-refractivity contribution in [3.05, 3.63) is 74.6 Å². The quantitative estimate of drug-likeness (QED) is 0.618. The molecule has 1 aromatic carbocycles. The van der Waals surface area contributed by atoms with Crippen LogP contribution in [-0.2, 0) is 20.6 Å². The second-order valence-electron chi connectivity index (χ2n) is 7.29. The van der Waals surface area contributed by atoms with Gasteiger partial charge in [-0.15, -0.1) is 0 Å². The number of hydrogen-bond donors (Lipinski definition) is 0. The van der Waals surface area contributed by atoms with E-state index in [9.17, 15) is 14.4 Å². The zero-order valence-electron chi connectivity index (χ0n) is 17.1. The highest BCUT2D eigenvalue weighted by Crippen LogP contribution is 2.12. The molecule has 8 heteroatoms. The Balaban J connectivity index is 2.01. The molecule has 3 rings (SSSR count). The van der Waals surface area contributed by atoms with Crippen molar-refractivity contribution in [1.29, 1.82) is 0 Å². The smallest absolute Gasteiger partial charge is 0.332 e. The minimum atomic E-state index is -0.478. The van der Waals surface area contributed by atoms with E-state index in [0.717, 1.165) is 10.1 Å². The van der Waals surface area contributed by atoms with Crippen LogP contribution >= 0.6 is 0 Å². The van der Waals surface area contributed by atoms with Crippen molar-refractivity contribution in [1.82, 2.24) is 23.9 Å². The molecule has 29 heavy (non-hydrogen) atoms. The van der Waals surface area contributed by atoms with Gasteiger partial charge >= 0.3 is 5.69 Å². The van der Waals surface area contributed by atoms with Crippen LogP contribution < -0.4 is 11.2 Å².